The molecule has 7 heteroatoms. The van der Waals surface area contributed by atoms with E-state index in [-0.39, 0.29) is 12.1 Å². The van der Waals surface area contributed by atoms with Crippen molar-refractivity contribution in [2.24, 2.45) is 5.92 Å². The molecular weight excluding hydrogens is 594 g/mol. The number of carbonyl (C=O) groups excluding carboxylic acids is 1. The van der Waals surface area contributed by atoms with Gasteiger partial charge in [-0.2, -0.15) is 5.26 Å². The maximum atomic E-state index is 12.5. The number of hydrogen-bond donors (Lipinski definition) is 0. The Hall–Kier alpha value is -3.40. The van der Waals surface area contributed by atoms with E-state index < -0.39 is 5.60 Å². The fraction of sp³-hybridized carbons (Fsp3) is 0.659. The fourth-order valence-corrected chi connectivity index (χ4v) is 5.28. The van der Waals surface area contributed by atoms with Gasteiger partial charge in [0, 0.05) is 31.2 Å². The van der Waals surface area contributed by atoms with Gasteiger partial charge in [-0.1, -0.05) is 104 Å². The smallest absolute Gasteiger partial charge is 0.410 e. The van der Waals surface area contributed by atoms with Gasteiger partial charge in [-0.05, 0) is 84.4 Å². The number of nitrogens with zero attached hydrogens (tertiary/aromatic N) is 5. The first kappa shape index (κ1) is 44.6. The van der Waals surface area contributed by atoms with Crippen LogP contribution in [0, 0.1) is 24.2 Å². The summed E-state index contributed by atoms with van der Waals surface area (Å²) < 4.78 is 5.57. The highest BCUT2D eigenvalue weighted by atomic mass is 16.6. The van der Waals surface area contributed by atoms with Gasteiger partial charge < -0.3 is 14.5 Å². The summed E-state index contributed by atoms with van der Waals surface area (Å²) in [7, 11) is 0. The molecule has 48 heavy (non-hydrogen) atoms. The average molecular weight is 664 g/mol. The Morgan fingerprint density at radius 2 is 1.75 bits per heavy atom. The summed E-state index contributed by atoms with van der Waals surface area (Å²) >= 11 is 0. The van der Waals surface area contributed by atoms with Gasteiger partial charge in [-0.3, -0.25) is 0 Å². The van der Waals surface area contributed by atoms with Crippen molar-refractivity contribution in [3.8, 4) is 6.07 Å². The third-order valence-electron chi connectivity index (χ3n) is 8.08. The second kappa shape index (κ2) is 24.7. The second-order valence-corrected chi connectivity index (χ2v) is 13.7. The minimum atomic E-state index is -0.484. The number of hydrogen-bond acceptors (Lipinski definition) is 6. The van der Waals surface area contributed by atoms with Gasteiger partial charge in [0.15, 0.2) is 0 Å². The maximum absolute atomic E-state index is 12.5. The molecule has 1 aromatic rings. The topological polar surface area (TPSA) is 82.3 Å². The number of allylic oxidation sites excluding steroid dienone is 7. The molecule has 2 atom stereocenters. The molecule has 2 rings (SSSR count). The first-order valence-corrected chi connectivity index (χ1v) is 18.4. The van der Waals surface area contributed by atoms with E-state index in [2.05, 4.69) is 89.0 Å². The summed E-state index contributed by atoms with van der Waals surface area (Å²) in [6.07, 6.45) is 20.2. The van der Waals surface area contributed by atoms with E-state index >= 15 is 0 Å². The molecule has 0 saturated carbocycles. The highest BCUT2D eigenvalue weighted by molar-refractivity contribution is 5.77. The molecule has 270 valence electrons. The Bertz CT molecular complexity index is 1210. The number of anilines is 1. The van der Waals surface area contributed by atoms with E-state index in [9.17, 15) is 4.79 Å². The summed E-state index contributed by atoms with van der Waals surface area (Å²) in [6.45, 7) is 31.0. The van der Waals surface area contributed by atoms with E-state index in [1.54, 1.807) is 6.33 Å². The Morgan fingerprint density at radius 3 is 2.23 bits per heavy atom. The molecule has 0 spiro atoms. The average Bonchev–Trinajstić information content (AvgIpc) is 3.04. The van der Waals surface area contributed by atoms with E-state index in [1.807, 2.05) is 50.8 Å². The van der Waals surface area contributed by atoms with Gasteiger partial charge in [0.05, 0.1) is 17.3 Å². The van der Waals surface area contributed by atoms with Crippen molar-refractivity contribution in [1.29, 1.82) is 5.26 Å². The fourth-order valence-electron chi connectivity index (χ4n) is 5.28. The van der Waals surface area contributed by atoms with Gasteiger partial charge >= 0.3 is 6.09 Å². The van der Waals surface area contributed by atoms with Crippen LogP contribution >= 0.6 is 0 Å². The van der Waals surface area contributed by atoms with Crippen molar-refractivity contribution in [2.45, 2.75) is 153 Å². The number of rotatable bonds is 13. The summed E-state index contributed by atoms with van der Waals surface area (Å²) in [5, 5.41) is 8.83. The van der Waals surface area contributed by atoms with Crippen LogP contribution < -0.4 is 4.90 Å². The first-order chi connectivity index (χ1) is 22.7. The lowest BCUT2D eigenvalue weighted by Crippen LogP contribution is -2.55. The zero-order valence-electron chi connectivity index (χ0n) is 32.8. The molecule has 0 radical (unpaired) electrons. The van der Waals surface area contributed by atoms with Crippen LogP contribution in [0.15, 0.2) is 48.4 Å². The van der Waals surface area contributed by atoms with Crippen LogP contribution in [0.25, 0.3) is 5.57 Å². The van der Waals surface area contributed by atoms with E-state index in [0.717, 1.165) is 67.8 Å². The molecule has 0 aliphatic carbocycles. The van der Waals surface area contributed by atoms with Gasteiger partial charge in [-0.25, -0.2) is 14.8 Å². The normalized spacial score (nSPS) is 15.9. The highest BCUT2D eigenvalue weighted by Gasteiger charge is 2.32. The number of amides is 1. The number of unbranched alkanes of at least 4 members (excludes halogenated alkanes) is 4. The Kier molecular flexibility index (Phi) is 22.9. The maximum Gasteiger partial charge on any atom is 0.410 e. The molecule has 0 N–H and O–H groups in total. The van der Waals surface area contributed by atoms with Crippen molar-refractivity contribution in [2.75, 3.05) is 24.5 Å². The third kappa shape index (κ3) is 17.1. The molecule has 1 saturated heterocycles. The lowest BCUT2D eigenvalue weighted by Gasteiger charge is -2.41. The summed E-state index contributed by atoms with van der Waals surface area (Å²) in [5.74, 6) is 1.41. The number of aromatic nitrogens is 2. The number of ether oxygens (including phenoxy) is 1. The Balaban J connectivity index is 0.000000917. The van der Waals surface area contributed by atoms with E-state index in [4.69, 9.17) is 10.00 Å². The van der Waals surface area contributed by atoms with Crippen molar-refractivity contribution in [3.05, 3.63) is 59.6 Å². The number of aryl methyl sites for hydroxylation is 1. The third-order valence-corrected chi connectivity index (χ3v) is 8.08. The zero-order valence-corrected chi connectivity index (χ0v) is 32.8. The monoisotopic (exact) mass is 664 g/mol. The molecule has 0 bridgehead atoms. The summed E-state index contributed by atoms with van der Waals surface area (Å²) in [4.78, 5) is 25.7. The standard InChI is InChI=1S/C22H36N4O2.C13H19N.C6H14/c1-9-15(3)18(10-2)19-17(5)23-14-24-20(19)25-11-12-26(16(4)13-25)21(27)28-22(6,7)8;1-4-6-7-9-13(11-14)10-12(3)8-5-2;1-3-5-6-4-2/h10,14-16H,9,11-13H2,1-8H3;7,9-10H,3-6,8H2,1-2H3;3-6H2,1-2H3/b18-10-;9-7-,13-10+;. The molecule has 2 unspecified atom stereocenters. The van der Waals surface area contributed by atoms with Crippen LogP contribution in [0.4, 0.5) is 10.6 Å². The SMILES string of the molecule is C/C=C(\c1c(C)ncnc1N1CCN(C(=O)OC(C)(C)C)C(C)C1)C(C)CC.C=C(/C=C(C#N)\C=C/CCC)CCC.CCCCCC. The molecule has 1 amide bonds. The lowest BCUT2D eigenvalue weighted by molar-refractivity contribution is 0.0158. The van der Waals surface area contributed by atoms with E-state index in [0.29, 0.717) is 18.0 Å². The largest absolute Gasteiger partial charge is 0.444 e. The lowest BCUT2D eigenvalue weighted by atomic mass is 9.90. The zero-order chi connectivity index (χ0) is 36.7. The first-order valence-electron chi connectivity index (χ1n) is 18.4. The molecule has 0 aromatic carbocycles. The van der Waals surface area contributed by atoms with Crippen LogP contribution in [-0.2, 0) is 4.74 Å². The number of carbonyl (C=O) groups is 1. The second-order valence-electron chi connectivity index (χ2n) is 13.7. The van der Waals surface area contributed by atoms with Gasteiger partial charge in [0.25, 0.3) is 0 Å². The van der Waals surface area contributed by atoms with Crippen LogP contribution in [0.2, 0.25) is 0 Å². The van der Waals surface area contributed by atoms with Crippen molar-refractivity contribution in [1.82, 2.24) is 14.9 Å². The van der Waals surface area contributed by atoms with Crippen LogP contribution in [0.5, 0.6) is 0 Å². The minimum absolute atomic E-state index is 0.0457. The Labute approximate surface area is 295 Å². The molecule has 7 nitrogen and oxygen atoms in total. The van der Waals surface area contributed by atoms with Crippen LogP contribution in [0.1, 0.15) is 145 Å². The van der Waals surface area contributed by atoms with Crippen molar-refractivity contribution >= 4 is 17.5 Å². The highest BCUT2D eigenvalue weighted by Crippen LogP contribution is 2.34. The minimum Gasteiger partial charge on any atom is -0.444 e. The van der Waals surface area contributed by atoms with Gasteiger partial charge in [0.1, 0.15) is 17.7 Å². The molecular formula is C41H69N5O2. The van der Waals surface area contributed by atoms with Crippen molar-refractivity contribution in [3.63, 3.8) is 0 Å². The predicted molar refractivity (Wildman–Crippen MR) is 206 cm³/mol. The Morgan fingerprint density at radius 1 is 1.10 bits per heavy atom. The quantitative estimate of drug-likeness (QED) is 0.119. The molecule has 1 aliphatic rings. The molecule has 1 aliphatic heterocycles. The van der Waals surface area contributed by atoms with Gasteiger partial charge in [0.2, 0.25) is 0 Å². The van der Waals surface area contributed by atoms with Crippen LogP contribution in [-0.4, -0.2) is 52.2 Å². The molecule has 1 aromatic heterocycles. The van der Waals surface area contributed by atoms with E-state index in [1.165, 1.54) is 31.3 Å². The van der Waals surface area contributed by atoms with Gasteiger partial charge in [-0.15, -0.1) is 0 Å². The number of nitriles is 1. The van der Waals surface area contributed by atoms with Crippen LogP contribution in [0.3, 0.4) is 0 Å². The molecule has 2 heterocycles. The predicted octanol–water partition coefficient (Wildman–Crippen LogP) is 11.4. The number of piperazine rings is 1. The van der Waals surface area contributed by atoms with Crippen molar-refractivity contribution < 1.29 is 9.53 Å². The summed E-state index contributed by atoms with van der Waals surface area (Å²) in [5.41, 5.74) is 4.68. The molecule has 1 fully saturated rings. The summed E-state index contributed by atoms with van der Waals surface area (Å²) in [6, 6.07) is 2.21.